The van der Waals surface area contributed by atoms with Crippen molar-refractivity contribution in [2.24, 2.45) is 0 Å². The molecule has 23 heavy (non-hydrogen) atoms. The smallest absolute Gasteiger partial charge is 0.274 e. The fraction of sp³-hybridized carbons (Fsp3) is 0.333. The average Bonchev–Trinajstić information content (AvgIpc) is 3.02. The number of aryl methyl sites for hydroxylation is 1. The minimum absolute atomic E-state index is 0.0308. The van der Waals surface area contributed by atoms with E-state index in [1.54, 1.807) is 6.33 Å². The van der Waals surface area contributed by atoms with Crippen LogP contribution in [-0.4, -0.2) is 58.4 Å². The maximum Gasteiger partial charge on any atom is 0.274 e. The molecule has 1 aliphatic rings. The molecule has 0 unspecified atom stereocenters. The first-order chi connectivity index (χ1) is 11.2. The average molecular weight is 310 g/mol. The highest BCUT2D eigenvalue weighted by Crippen LogP contribution is 2.10. The summed E-state index contributed by atoms with van der Waals surface area (Å²) in [4.78, 5) is 23.7. The Labute approximate surface area is 136 Å². The van der Waals surface area contributed by atoms with E-state index in [1.807, 2.05) is 30.0 Å². The number of nitrogens with one attached hydrogen (secondary N) is 1. The van der Waals surface area contributed by atoms with Crippen LogP contribution in [0.15, 0.2) is 42.7 Å². The lowest BCUT2D eigenvalue weighted by Gasteiger charge is -2.33. The molecule has 0 bridgehead atoms. The highest BCUT2D eigenvalue weighted by atomic mass is 16.2. The van der Waals surface area contributed by atoms with Crippen LogP contribution in [0.3, 0.4) is 0 Å². The van der Waals surface area contributed by atoms with Crippen LogP contribution in [0, 0.1) is 6.92 Å². The van der Waals surface area contributed by atoms with Gasteiger partial charge in [0.05, 0.1) is 6.33 Å². The molecule has 0 spiro atoms. The number of amides is 1. The van der Waals surface area contributed by atoms with E-state index < -0.39 is 0 Å². The Balaban J connectivity index is 1.48. The summed E-state index contributed by atoms with van der Waals surface area (Å²) in [6.45, 7) is 6.10. The van der Waals surface area contributed by atoms with Gasteiger partial charge in [0.1, 0.15) is 5.69 Å². The van der Waals surface area contributed by atoms with Crippen molar-refractivity contribution in [1.29, 1.82) is 0 Å². The quantitative estimate of drug-likeness (QED) is 0.942. The van der Waals surface area contributed by atoms with Gasteiger partial charge in [-0.1, -0.05) is 42.5 Å². The molecule has 1 amide bonds. The second-order valence-electron chi connectivity index (χ2n) is 5.78. The van der Waals surface area contributed by atoms with E-state index >= 15 is 0 Å². The number of benzene rings is 1. The third-order valence-corrected chi connectivity index (χ3v) is 4.17. The van der Waals surface area contributed by atoms with Gasteiger partial charge in [0.15, 0.2) is 0 Å². The Kier molecular flexibility index (Phi) is 4.88. The number of aromatic amines is 1. The molecule has 2 heterocycles. The van der Waals surface area contributed by atoms with Gasteiger partial charge in [0, 0.05) is 38.4 Å². The third-order valence-electron chi connectivity index (χ3n) is 4.17. The monoisotopic (exact) mass is 310 g/mol. The number of nitrogens with zero attached hydrogens (tertiary/aromatic N) is 3. The highest BCUT2D eigenvalue weighted by Gasteiger charge is 2.23. The predicted octanol–water partition coefficient (Wildman–Crippen LogP) is 2.19. The summed E-state index contributed by atoms with van der Waals surface area (Å²) >= 11 is 0. The summed E-state index contributed by atoms with van der Waals surface area (Å²) in [6.07, 6.45) is 5.91. The number of hydrogen-bond acceptors (Lipinski definition) is 3. The van der Waals surface area contributed by atoms with Crippen LogP contribution in [0.5, 0.6) is 0 Å². The Morgan fingerprint density at radius 2 is 1.96 bits per heavy atom. The van der Waals surface area contributed by atoms with Crippen LogP contribution < -0.4 is 0 Å². The number of hydrogen-bond donors (Lipinski definition) is 1. The Morgan fingerprint density at radius 1 is 1.22 bits per heavy atom. The number of carbonyl (C=O) groups is 1. The highest BCUT2D eigenvalue weighted by molar-refractivity contribution is 5.93. The molecular formula is C18H22N4O. The van der Waals surface area contributed by atoms with Gasteiger partial charge in [-0.2, -0.15) is 0 Å². The Morgan fingerprint density at radius 3 is 2.61 bits per heavy atom. The second kappa shape index (κ2) is 7.24. The number of rotatable bonds is 4. The number of H-pyrrole nitrogens is 1. The summed E-state index contributed by atoms with van der Waals surface area (Å²) in [7, 11) is 0. The second-order valence-corrected chi connectivity index (χ2v) is 5.78. The molecule has 3 rings (SSSR count). The lowest BCUT2D eigenvalue weighted by atomic mass is 10.2. The van der Waals surface area contributed by atoms with Crippen LogP contribution in [0.25, 0.3) is 6.08 Å². The van der Waals surface area contributed by atoms with Crippen molar-refractivity contribution in [1.82, 2.24) is 19.8 Å². The van der Waals surface area contributed by atoms with Crippen LogP contribution in [-0.2, 0) is 0 Å². The molecule has 120 valence electrons. The van der Waals surface area contributed by atoms with Crippen molar-refractivity contribution in [3.05, 3.63) is 59.7 Å². The zero-order valence-corrected chi connectivity index (χ0v) is 13.4. The van der Waals surface area contributed by atoms with Crippen LogP contribution in [0.2, 0.25) is 0 Å². The standard InChI is InChI=1S/C18H22N4O/c1-15-17(20-14-19-15)18(23)22-12-10-21(11-13-22)9-5-8-16-6-3-2-4-7-16/h2-8,14H,9-13H2,1H3,(H,19,20)/b8-5+. The summed E-state index contributed by atoms with van der Waals surface area (Å²) < 4.78 is 0. The first-order valence-corrected chi connectivity index (χ1v) is 7.97. The maximum atomic E-state index is 12.4. The van der Waals surface area contributed by atoms with Gasteiger partial charge in [-0.15, -0.1) is 0 Å². The van der Waals surface area contributed by atoms with Gasteiger partial charge in [-0.05, 0) is 12.5 Å². The number of aromatic nitrogens is 2. The molecule has 1 aromatic heterocycles. The van der Waals surface area contributed by atoms with Crippen LogP contribution in [0.1, 0.15) is 21.7 Å². The minimum atomic E-state index is 0.0308. The molecule has 1 N–H and O–H groups in total. The normalized spacial score (nSPS) is 16.1. The molecule has 0 radical (unpaired) electrons. The van der Waals surface area contributed by atoms with Crippen LogP contribution >= 0.6 is 0 Å². The molecule has 0 aliphatic carbocycles. The molecule has 1 aromatic carbocycles. The molecule has 5 heteroatoms. The van der Waals surface area contributed by atoms with Crippen molar-refractivity contribution in [3.63, 3.8) is 0 Å². The van der Waals surface area contributed by atoms with E-state index in [4.69, 9.17) is 0 Å². The van der Waals surface area contributed by atoms with Crippen molar-refractivity contribution in [2.45, 2.75) is 6.92 Å². The van der Waals surface area contributed by atoms with E-state index in [0.717, 1.165) is 38.4 Å². The van der Waals surface area contributed by atoms with Crippen molar-refractivity contribution >= 4 is 12.0 Å². The van der Waals surface area contributed by atoms with E-state index in [9.17, 15) is 4.79 Å². The molecule has 1 aliphatic heterocycles. The topological polar surface area (TPSA) is 52.2 Å². The SMILES string of the molecule is Cc1[nH]cnc1C(=O)N1CCN(C/C=C/c2ccccc2)CC1. The van der Waals surface area contributed by atoms with E-state index in [-0.39, 0.29) is 5.91 Å². The first kappa shape index (κ1) is 15.5. The van der Waals surface area contributed by atoms with Crippen molar-refractivity contribution < 1.29 is 4.79 Å². The van der Waals surface area contributed by atoms with Crippen LogP contribution in [0.4, 0.5) is 0 Å². The lowest BCUT2D eigenvalue weighted by Crippen LogP contribution is -2.48. The molecule has 0 saturated carbocycles. The number of imidazole rings is 1. The summed E-state index contributed by atoms with van der Waals surface area (Å²) in [6, 6.07) is 10.3. The molecular weight excluding hydrogens is 288 g/mol. The van der Waals surface area contributed by atoms with Gasteiger partial charge >= 0.3 is 0 Å². The van der Waals surface area contributed by atoms with Gasteiger partial charge in [-0.25, -0.2) is 4.98 Å². The minimum Gasteiger partial charge on any atom is -0.348 e. The van der Waals surface area contributed by atoms with Gasteiger partial charge in [0.25, 0.3) is 5.91 Å². The van der Waals surface area contributed by atoms with E-state index in [1.165, 1.54) is 5.56 Å². The molecule has 2 aromatic rings. The third kappa shape index (κ3) is 3.87. The van der Waals surface area contributed by atoms with Gasteiger partial charge in [0.2, 0.25) is 0 Å². The van der Waals surface area contributed by atoms with E-state index in [0.29, 0.717) is 5.69 Å². The molecule has 1 fully saturated rings. The summed E-state index contributed by atoms with van der Waals surface area (Å²) in [5.41, 5.74) is 2.60. The zero-order valence-electron chi connectivity index (χ0n) is 13.4. The first-order valence-electron chi connectivity index (χ1n) is 7.97. The summed E-state index contributed by atoms with van der Waals surface area (Å²) in [5.74, 6) is 0.0308. The Hall–Kier alpha value is -2.40. The van der Waals surface area contributed by atoms with Gasteiger partial charge < -0.3 is 9.88 Å². The largest absolute Gasteiger partial charge is 0.348 e. The predicted molar refractivity (Wildman–Crippen MR) is 91.1 cm³/mol. The molecule has 0 atom stereocenters. The molecule has 1 saturated heterocycles. The fourth-order valence-electron chi connectivity index (χ4n) is 2.76. The molecule has 5 nitrogen and oxygen atoms in total. The zero-order chi connectivity index (χ0) is 16.1. The van der Waals surface area contributed by atoms with Crippen molar-refractivity contribution in [2.75, 3.05) is 32.7 Å². The fourth-order valence-corrected chi connectivity index (χ4v) is 2.76. The van der Waals surface area contributed by atoms with Crippen molar-refractivity contribution in [3.8, 4) is 0 Å². The maximum absolute atomic E-state index is 12.4. The van der Waals surface area contributed by atoms with E-state index in [2.05, 4.69) is 39.2 Å². The number of carbonyl (C=O) groups excluding carboxylic acids is 1. The lowest BCUT2D eigenvalue weighted by molar-refractivity contribution is 0.0644. The Bertz CT molecular complexity index is 669. The van der Waals surface area contributed by atoms with Gasteiger partial charge in [-0.3, -0.25) is 9.69 Å². The summed E-state index contributed by atoms with van der Waals surface area (Å²) in [5, 5.41) is 0. The number of piperazine rings is 1.